The summed E-state index contributed by atoms with van der Waals surface area (Å²) in [5, 5.41) is 1.35. The molecule has 1 N–H and O–H groups in total. The molecule has 3 aromatic rings. The number of para-hydroxylation sites is 1. The van der Waals surface area contributed by atoms with Crippen LogP contribution in [0.5, 0.6) is 0 Å². The first-order valence-corrected chi connectivity index (χ1v) is 9.37. The van der Waals surface area contributed by atoms with Gasteiger partial charge in [-0.2, -0.15) is 0 Å². The molecular formula is C23H24N2. The molecule has 0 radical (unpaired) electrons. The Balaban J connectivity index is 1.39. The number of hydrogen-bond donors (Lipinski definition) is 1. The van der Waals surface area contributed by atoms with Crippen molar-refractivity contribution >= 4 is 16.5 Å². The summed E-state index contributed by atoms with van der Waals surface area (Å²) in [6.45, 7) is 3.46. The maximum atomic E-state index is 3.42. The van der Waals surface area contributed by atoms with Gasteiger partial charge in [0.25, 0.3) is 0 Å². The van der Waals surface area contributed by atoms with Gasteiger partial charge in [0.2, 0.25) is 0 Å². The second-order valence-electron chi connectivity index (χ2n) is 7.56. The number of fused-ring (bicyclic) bond motifs is 2. The predicted octanol–water partition coefficient (Wildman–Crippen LogP) is 4.81. The van der Waals surface area contributed by atoms with Gasteiger partial charge in [0, 0.05) is 41.3 Å². The molecule has 2 nitrogen and oxygen atoms in total. The van der Waals surface area contributed by atoms with Crippen molar-refractivity contribution in [2.75, 3.05) is 6.54 Å². The van der Waals surface area contributed by atoms with Crippen LogP contribution in [-0.4, -0.2) is 28.5 Å². The van der Waals surface area contributed by atoms with Crippen LogP contribution >= 0.6 is 0 Å². The number of benzene rings is 2. The fraction of sp³-hybridized carbons (Fsp3) is 0.304. The summed E-state index contributed by atoms with van der Waals surface area (Å²) < 4.78 is 0. The summed E-state index contributed by atoms with van der Waals surface area (Å²) in [7, 11) is 0. The van der Waals surface area contributed by atoms with E-state index in [1.165, 1.54) is 34.9 Å². The Morgan fingerprint density at radius 3 is 2.40 bits per heavy atom. The largest absolute Gasteiger partial charge is 0.361 e. The van der Waals surface area contributed by atoms with Gasteiger partial charge in [0.05, 0.1) is 0 Å². The highest BCUT2D eigenvalue weighted by Crippen LogP contribution is 2.34. The van der Waals surface area contributed by atoms with E-state index >= 15 is 0 Å². The van der Waals surface area contributed by atoms with E-state index in [4.69, 9.17) is 0 Å². The normalized spacial score (nSPS) is 21.5. The zero-order valence-electron chi connectivity index (χ0n) is 14.7. The van der Waals surface area contributed by atoms with Crippen LogP contribution in [0.3, 0.4) is 0 Å². The van der Waals surface area contributed by atoms with Crippen LogP contribution < -0.4 is 0 Å². The van der Waals surface area contributed by atoms with E-state index in [1.54, 1.807) is 11.1 Å². The third-order valence-corrected chi connectivity index (χ3v) is 6.06. The number of aromatic amines is 1. The molecule has 2 heteroatoms. The highest BCUT2D eigenvalue weighted by molar-refractivity contribution is 5.92. The van der Waals surface area contributed by atoms with Crippen LogP contribution in [-0.2, 0) is 12.8 Å². The monoisotopic (exact) mass is 328 g/mol. The topological polar surface area (TPSA) is 19.0 Å². The molecule has 2 aliphatic rings. The van der Waals surface area contributed by atoms with Crippen LogP contribution in [0.4, 0.5) is 0 Å². The lowest BCUT2D eigenvalue weighted by atomic mass is 9.93. The Morgan fingerprint density at radius 2 is 1.64 bits per heavy atom. The van der Waals surface area contributed by atoms with Gasteiger partial charge in [0.1, 0.15) is 0 Å². The third kappa shape index (κ3) is 2.52. The number of aromatic nitrogens is 1. The van der Waals surface area contributed by atoms with E-state index < -0.39 is 0 Å². The molecule has 0 bridgehead atoms. The van der Waals surface area contributed by atoms with E-state index in [-0.39, 0.29) is 0 Å². The van der Waals surface area contributed by atoms with Crippen molar-refractivity contribution in [3.05, 3.63) is 77.5 Å². The molecule has 0 spiro atoms. The number of hydrogen-bond acceptors (Lipinski definition) is 1. The first-order valence-electron chi connectivity index (χ1n) is 9.37. The van der Waals surface area contributed by atoms with E-state index in [2.05, 4.69) is 77.6 Å². The van der Waals surface area contributed by atoms with Gasteiger partial charge in [-0.25, -0.2) is 0 Å². The Morgan fingerprint density at radius 1 is 0.920 bits per heavy atom. The summed E-state index contributed by atoms with van der Waals surface area (Å²) >= 11 is 0. The van der Waals surface area contributed by atoms with E-state index in [1.807, 2.05) is 0 Å². The summed E-state index contributed by atoms with van der Waals surface area (Å²) in [5.74, 6) is 0. The maximum absolute atomic E-state index is 3.42. The zero-order valence-corrected chi connectivity index (χ0v) is 14.7. The standard InChI is InChI=1S/C23H24N2/c1-16-12-19(22-15-24-23-9-5-4-8-21(22)23)10-11-25(16)20-13-17-6-2-3-7-18(17)14-20/h2-10,15-16,20,24H,11-14H2,1H3. The highest BCUT2D eigenvalue weighted by atomic mass is 15.2. The lowest BCUT2D eigenvalue weighted by Crippen LogP contribution is -2.44. The fourth-order valence-electron chi connectivity index (χ4n) is 4.75. The van der Waals surface area contributed by atoms with Gasteiger partial charge in [-0.05, 0) is 49.0 Å². The van der Waals surface area contributed by atoms with Crippen molar-refractivity contribution in [1.82, 2.24) is 9.88 Å². The average Bonchev–Trinajstić information content (AvgIpc) is 3.25. The molecule has 1 aromatic heterocycles. The van der Waals surface area contributed by atoms with Crippen molar-refractivity contribution in [3.63, 3.8) is 0 Å². The van der Waals surface area contributed by atoms with E-state index in [0.717, 1.165) is 13.0 Å². The summed E-state index contributed by atoms with van der Waals surface area (Å²) in [6, 6.07) is 18.8. The minimum Gasteiger partial charge on any atom is -0.361 e. The quantitative estimate of drug-likeness (QED) is 0.715. The first kappa shape index (κ1) is 15.0. The molecule has 0 saturated carbocycles. The molecule has 0 saturated heterocycles. The fourth-order valence-corrected chi connectivity index (χ4v) is 4.75. The second-order valence-corrected chi connectivity index (χ2v) is 7.56. The Bertz CT molecular complexity index is 924. The SMILES string of the molecule is CC1CC(c2c[nH]c3ccccc23)=CCN1C1Cc2ccccc2C1. The molecule has 25 heavy (non-hydrogen) atoms. The predicted molar refractivity (Wildman–Crippen MR) is 105 cm³/mol. The summed E-state index contributed by atoms with van der Waals surface area (Å²) in [5.41, 5.74) is 7.21. The van der Waals surface area contributed by atoms with Crippen LogP contribution in [0.25, 0.3) is 16.5 Å². The number of nitrogens with one attached hydrogen (secondary N) is 1. The van der Waals surface area contributed by atoms with Crippen LogP contribution in [0, 0.1) is 0 Å². The molecule has 1 unspecified atom stereocenters. The summed E-state index contributed by atoms with van der Waals surface area (Å²) in [4.78, 5) is 6.13. The molecule has 1 aliphatic carbocycles. The van der Waals surface area contributed by atoms with Crippen molar-refractivity contribution in [3.8, 4) is 0 Å². The third-order valence-electron chi connectivity index (χ3n) is 6.06. The van der Waals surface area contributed by atoms with Crippen molar-refractivity contribution < 1.29 is 0 Å². The zero-order chi connectivity index (χ0) is 16.8. The molecule has 5 rings (SSSR count). The lowest BCUT2D eigenvalue weighted by Gasteiger charge is -2.37. The Labute approximate surface area is 149 Å². The van der Waals surface area contributed by atoms with Crippen molar-refractivity contribution in [2.45, 2.75) is 38.3 Å². The van der Waals surface area contributed by atoms with Gasteiger partial charge in [-0.1, -0.05) is 48.5 Å². The van der Waals surface area contributed by atoms with Crippen LogP contribution in [0.1, 0.15) is 30.0 Å². The lowest BCUT2D eigenvalue weighted by molar-refractivity contribution is 0.162. The molecule has 2 heterocycles. The molecule has 126 valence electrons. The molecule has 2 aromatic carbocycles. The van der Waals surface area contributed by atoms with Crippen LogP contribution in [0.15, 0.2) is 60.8 Å². The number of H-pyrrole nitrogens is 1. The van der Waals surface area contributed by atoms with Crippen molar-refractivity contribution in [1.29, 1.82) is 0 Å². The van der Waals surface area contributed by atoms with Gasteiger partial charge in [-0.15, -0.1) is 0 Å². The average molecular weight is 328 g/mol. The van der Waals surface area contributed by atoms with Gasteiger partial charge < -0.3 is 4.98 Å². The van der Waals surface area contributed by atoms with E-state index in [0.29, 0.717) is 12.1 Å². The number of nitrogens with zero attached hydrogens (tertiary/aromatic N) is 1. The number of rotatable bonds is 2. The maximum Gasteiger partial charge on any atom is 0.0460 e. The Kier molecular flexibility index (Phi) is 3.53. The molecule has 1 aliphatic heterocycles. The van der Waals surface area contributed by atoms with Crippen molar-refractivity contribution in [2.24, 2.45) is 0 Å². The highest BCUT2D eigenvalue weighted by Gasteiger charge is 2.31. The first-order chi connectivity index (χ1) is 12.3. The minimum atomic E-state index is 0.591. The molecular weight excluding hydrogens is 304 g/mol. The van der Waals surface area contributed by atoms with Gasteiger partial charge >= 0.3 is 0 Å². The van der Waals surface area contributed by atoms with Crippen LogP contribution in [0.2, 0.25) is 0 Å². The molecule has 0 fully saturated rings. The van der Waals surface area contributed by atoms with Gasteiger partial charge in [-0.3, -0.25) is 4.90 Å². The minimum absolute atomic E-state index is 0.591. The van der Waals surface area contributed by atoms with Gasteiger partial charge in [0.15, 0.2) is 0 Å². The Hall–Kier alpha value is -2.32. The second kappa shape index (κ2) is 5.89. The summed E-state index contributed by atoms with van der Waals surface area (Å²) in [6.07, 6.45) is 8.19. The van der Waals surface area contributed by atoms with E-state index in [9.17, 15) is 0 Å². The smallest absolute Gasteiger partial charge is 0.0460 e. The molecule has 0 amide bonds. The molecule has 1 atom stereocenters.